The van der Waals surface area contributed by atoms with Crippen LogP contribution < -0.4 is 5.56 Å². The lowest BCUT2D eigenvalue weighted by molar-refractivity contribution is 0.912. The summed E-state index contributed by atoms with van der Waals surface area (Å²) >= 11 is 1.68. The minimum absolute atomic E-state index is 0.0440. The molecule has 2 heterocycles. The number of H-pyrrole nitrogens is 1. The van der Waals surface area contributed by atoms with Gasteiger partial charge in [0.05, 0.1) is 5.69 Å². The van der Waals surface area contributed by atoms with Crippen molar-refractivity contribution in [3.63, 3.8) is 0 Å². The molecule has 1 saturated carbocycles. The molecule has 0 atom stereocenters. The van der Waals surface area contributed by atoms with E-state index in [9.17, 15) is 4.79 Å². The third-order valence-electron chi connectivity index (χ3n) is 2.86. The Morgan fingerprint density at radius 1 is 1.50 bits per heavy atom. The number of hydrogen-bond donors (Lipinski definition) is 1. The van der Waals surface area contributed by atoms with Gasteiger partial charge in [0.15, 0.2) is 0 Å². The number of thiophene rings is 1. The minimum atomic E-state index is -0.0440. The number of aromatic amines is 1. The molecule has 0 radical (unpaired) electrons. The van der Waals surface area contributed by atoms with Crippen LogP contribution in [-0.4, -0.2) is 9.97 Å². The van der Waals surface area contributed by atoms with Crippen molar-refractivity contribution in [1.82, 2.24) is 9.97 Å². The lowest BCUT2D eigenvalue weighted by Gasteiger charge is -2.02. The Labute approximate surface area is 97.2 Å². The summed E-state index contributed by atoms with van der Waals surface area (Å²) in [4.78, 5) is 20.1. The van der Waals surface area contributed by atoms with E-state index in [0.29, 0.717) is 5.92 Å². The molecule has 0 bridgehead atoms. The first-order valence-corrected chi connectivity index (χ1v) is 6.28. The molecule has 4 heteroatoms. The van der Waals surface area contributed by atoms with E-state index in [2.05, 4.69) is 16.9 Å². The van der Waals surface area contributed by atoms with Gasteiger partial charge in [-0.2, -0.15) is 0 Å². The molecule has 1 aliphatic carbocycles. The molecule has 1 aliphatic rings. The van der Waals surface area contributed by atoms with Crippen molar-refractivity contribution in [2.75, 3.05) is 0 Å². The molecule has 3 rings (SSSR count). The molecule has 3 nitrogen and oxygen atoms in total. The number of nitrogens with zero attached hydrogens (tertiary/aromatic N) is 1. The van der Waals surface area contributed by atoms with Gasteiger partial charge in [-0.1, -0.05) is 0 Å². The minimum Gasteiger partial charge on any atom is -0.310 e. The second-order valence-electron chi connectivity index (χ2n) is 4.18. The summed E-state index contributed by atoms with van der Waals surface area (Å²) < 4.78 is 0. The van der Waals surface area contributed by atoms with Gasteiger partial charge in [-0.05, 0) is 31.2 Å². The maximum atomic E-state index is 11.6. The first-order chi connectivity index (χ1) is 7.74. The predicted octanol–water partition coefficient (Wildman–Crippen LogP) is 2.68. The summed E-state index contributed by atoms with van der Waals surface area (Å²) in [5.41, 5.74) is 1.85. The number of aromatic nitrogens is 2. The van der Waals surface area contributed by atoms with Gasteiger partial charge in [-0.15, -0.1) is 11.3 Å². The van der Waals surface area contributed by atoms with Crippen LogP contribution in [0.5, 0.6) is 0 Å². The van der Waals surface area contributed by atoms with Gasteiger partial charge in [0.2, 0.25) is 0 Å². The third-order valence-corrected chi connectivity index (χ3v) is 3.70. The van der Waals surface area contributed by atoms with Gasteiger partial charge in [0, 0.05) is 22.4 Å². The van der Waals surface area contributed by atoms with Crippen LogP contribution in [0.3, 0.4) is 0 Å². The molecule has 0 aliphatic heterocycles. The van der Waals surface area contributed by atoms with Crippen molar-refractivity contribution in [2.24, 2.45) is 0 Å². The van der Waals surface area contributed by atoms with Crippen LogP contribution in [0, 0.1) is 6.92 Å². The summed E-state index contributed by atoms with van der Waals surface area (Å²) in [5.74, 6) is 1.33. The fourth-order valence-electron chi connectivity index (χ4n) is 1.82. The van der Waals surface area contributed by atoms with Gasteiger partial charge in [-0.3, -0.25) is 4.79 Å². The second-order valence-corrected chi connectivity index (χ2v) is 5.30. The van der Waals surface area contributed by atoms with E-state index in [4.69, 9.17) is 0 Å². The summed E-state index contributed by atoms with van der Waals surface area (Å²) in [7, 11) is 0. The van der Waals surface area contributed by atoms with Crippen molar-refractivity contribution in [3.8, 4) is 11.3 Å². The Kier molecular flexibility index (Phi) is 2.17. The summed E-state index contributed by atoms with van der Waals surface area (Å²) in [5, 5.41) is 2.03. The monoisotopic (exact) mass is 232 g/mol. The number of nitrogens with one attached hydrogen (secondary N) is 1. The van der Waals surface area contributed by atoms with Crippen LogP contribution in [0.25, 0.3) is 11.3 Å². The molecule has 0 spiro atoms. The van der Waals surface area contributed by atoms with Gasteiger partial charge in [-0.25, -0.2) is 4.98 Å². The Hall–Kier alpha value is -1.42. The van der Waals surface area contributed by atoms with E-state index in [1.165, 1.54) is 4.88 Å². The zero-order valence-corrected chi connectivity index (χ0v) is 9.80. The van der Waals surface area contributed by atoms with Gasteiger partial charge >= 0.3 is 0 Å². The topological polar surface area (TPSA) is 45.8 Å². The molecule has 0 amide bonds. The lowest BCUT2D eigenvalue weighted by atomic mass is 10.2. The normalized spacial score (nSPS) is 15.3. The first kappa shape index (κ1) is 9.78. The van der Waals surface area contributed by atoms with Crippen molar-refractivity contribution >= 4 is 11.3 Å². The van der Waals surface area contributed by atoms with Crippen LogP contribution in [0.4, 0.5) is 0 Å². The van der Waals surface area contributed by atoms with Gasteiger partial charge in [0.25, 0.3) is 5.56 Å². The van der Waals surface area contributed by atoms with Crippen LogP contribution in [-0.2, 0) is 0 Å². The van der Waals surface area contributed by atoms with E-state index in [1.807, 2.05) is 11.4 Å². The van der Waals surface area contributed by atoms with Crippen LogP contribution in [0.1, 0.15) is 29.5 Å². The third kappa shape index (κ3) is 1.69. The van der Waals surface area contributed by atoms with E-state index < -0.39 is 0 Å². The summed E-state index contributed by atoms with van der Waals surface area (Å²) in [6.07, 6.45) is 2.30. The molecule has 1 N–H and O–H groups in total. The largest absolute Gasteiger partial charge is 0.310 e. The highest BCUT2D eigenvalue weighted by molar-refractivity contribution is 7.10. The number of rotatable bonds is 2. The highest BCUT2D eigenvalue weighted by atomic mass is 32.1. The number of aryl methyl sites for hydroxylation is 1. The standard InChI is InChI=1S/C12H12N2OS/c1-7-9(4-5-16-7)10-6-11(15)14-12(13-10)8-2-3-8/h4-6,8H,2-3H2,1H3,(H,13,14,15). The van der Waals surface area contributed by atoms with Crippen molar-refractivity contribution in [2.45, 2.75) is 25.7 Å². The molecular weight excluding hydrogens is 220 g/mol. The number of hydrogen-bond acceptors (Lipinski definition) is 3. The molecule has 0 aromatic carbocycles. The summed E-state index contributed by atoms with van der Waals surface area (Å²) in [6.45, 7) is 2.06. The summed E-state index contributed by atoms with van der Waals surface area (Å²) in [6, 6.07) is 3.61. The average molecular weight is 232 g/mol. The van der Waals surface area contributed by atoms with E-state index >= 15 is 0 Å². The Bertz CT molecular complexity index is 581. The Morgan fingerprint density at radius 3 is 2.94 bits per heavy atom. The molecule has 16 heavy (non-hydrogen) atoms. The fraction of sp³-hybridized carbons (Fsp3) is 0.333. The van der Waals surface area contributed by atoms with Crippen LogP contribution >= 0.6 is 11.3 Å². The molecule has 1 fully saturated rings. The molecular formula is C12H12N2OS. The second kappa shape index (κ2) is 3.56. The van der Waals surface area contributed by atoms with Crippen LogP contribution in [0.2, 0.25) is 0 Å². The molecule has 2 aromatic heterocycles. The molecule has 0 saturated heterocycles. The highest BCUT2D eigenvalue weighted by Gasteiger charge is 2.26. The molecule has 82 valence electrons. The molecule has 0 unspecified atom stereocenters. The SMILES string of the molecule is Cc1sccc1-c1cc(=O)[nH]c(C2CC2)n1. The van der Waals surface area contributed by atoms with Crippen molar-refractivity contribution in [1.29, 1.82) is 0 Å². The van der Waals surface area contributed by atoms with E-state index in [-0.39, 0.29) is 5.56 Å². The molecule has 2 aromatic rings. The van der Waals surface area contributed by atoms with E-state index in [1.54, 1.807) is 17.4 Å². The quantitative estimate of drug-likeness (QED) is 0.865. The maximum absolute atomic E-state index is 11.6. The average Bonchev–Trinajstić information content (AvgIpc) is 3.01. The van der Waals surface area contributed by atoms with E-state index in [0.717, 1.165) is 29.9 Å². The van der Waals surface area contributed by atoms with Crippen molar-refractivity contribution in [3.05, 3.63) is 38.6 Å². The van der Waals surface area contributed by atoms with Gasteiger partial charge in [0.1, 0.15) is 5.82 Å². The van der Waals surface area contributed by atoms with Gasteiger partial charge < -0.3 is 4.98 Å². The zero-order valence-electron chi connectivity index (χ0n) is 8.99. The zero-order chi connectivity index (χ0) is 11.1. The highest BCUT2D eigenvalue weighted by Crippen LogP contribution is 2.38. The Morgan fingerprint density at radius 2 is 2.31 bits per heavy atom. The smallest absolute Gasteiger partial charge is 0.251 e. The fourth-order valence-corrected chi connectivity index (χ4v) is 2.52. The Balaban J connectivity index is 2.13. The lowest BCUT2D eigenvalue weighted by Crippen LogP contribution is -2.10. The van der Waals surface area contributed by atoms with Crippen LogP contribution in [0.15, 0.2) is 22.3 Å². The van der Waals surface area contributed by atoms with Crippen molar-refractivity contribution < 1.29 is 0 Å². The maximum Gasteiger partial charge on any atom is 0.251 e. The first-order valence-electron chi connectivity index (χ1n) is 5.40. The predicted molar refractivity (Wildman–Crippen MR) is 64.9 cm³/mol.